The standard InChI is InChI=1S/C37H59N3O4S/c1-8-13-23-37(24-14-9-2)28-45(43,44)33-22-21-31(39(6)7)27-32(33)35(36(37)42)29-18-17-19-30(26-29)38-34(41)20-15-16-25-40(10-3,11-4)12-5/h17-19,21-22,26-27,35-36,42H,8-16,20,23-25,28H2,1-7H3/p+1. The van der Waals surface area contributed by atoms with Crippen LogP contribution < -0.4 is 10.2 Å². The van der Waals surface area contributed by atoms with Crippen LogP contribution in [0, 0.1) is 5.41 Å². The lowest BCUT2D eigenvalue weighted by Crippen LogP contribution is -2.48. The number of carbonyl (C=O) groups excluding carboxylic acids is 1. The van der Waals surface area contributed by atoms with Crippen LogP contribution in [0.25, 0.3) is 0 Å². The fourth-order valence-corrected chi connectivity index (χ4v) is 9.49. The number of rotatable bonds is 17. The number of nitrogens with one attached hydrogen (secondary N) is 1. The van der Waals surface area contributed by atoms with Gasteiger partial charge in [-0.25, -0.2) is 8.42 Å². The molecule has 45 heavy (non-hydrogen) atoms. The first-order valence-electron chi connectivity index (χ1n) is 17.4. The molecule has 0 fully saturated rings. The second-order valence-electron chi connectivity index (χ2n) is 13.5. The van der Waals surface area contributed by atoms with E-state index in [1.165, 1.54) is 0 Å². The third-order valence-electron chi connectivity index (χ3n) is 10.5. The largest absolute Gasteiger partial charge is 0.392 e. The molecule has 0 saturated heterocycles. The molecule has 8 heteroatoms. The molecule has 252 valence electrons. The zero-order valence-electron chi connectivity index (χ0n) is 29.1. The molecule has 2 aromatic carbocycles. The van der Waals surface area contributed by atoms with Gasteiger partial charge in [-0.3, -0.25) is 4.79 Å². The van der Waals surface area contributed by atoms with Crippen molar-refractivity contribution in [2.45, 2.75) is 109 Å². The molecule has 1 aliphatic rings. The average Bonchev–Trinajstić information content (AvgIpc) is 3.09. The third kappa shape index (κ3) is 8.89. The number of sulfone groups is 1. The molecule has 2 atom stereocenters. The van der Waals surface area contributed by atoms with Gasteiger partial charge in [0.1, 0.15) is 0 Å². The van der Waals surface area contributed by atoms with Crippen molar-refractivity contribution in [3.63, 3.8) is 0 Å². The summed E-state index contributed by atoms with van der Waals surface area (Å²) in [6.07, 6.45) is 6.28. The van der Waals surface area contributed by atoms with Crippen LogP contribution in [0.4, 0.5) is 11.4 Å². The average molecular weight is 643 g/mol. The van der Waals surface area contributed by atoms with Gasteiger partial charge >= 0.3 is 0 Å². The Kier molecular flexibility index (Phi) is 13.5. The first kappa shape index (κ1) is 37.0. The number of quaternary nitrogens is 1. The molecule has 7 nitrogen and oxygen atoms in total. The van der Waals surface area contributed by atoms with Crippen LogP contribution in [0.1, 0.15) is 109 Å². The third-order valence-corrected chi connectivity index (χ3v) is 12.5. The van der Waals surface area contributed by atoms with E-state index in [2.05, 4.69) is 39.9 Å². The Morgan fingerprint density at radius 2 is 1.58 bits per heavy atom. The van der Waals surface area contributed by atoms with E-state index in [0.29, 0.717) is 35.4 Å². The highest BCUT2D eigenvalue weighted by Crippen LogP contribution is 2.50. The highest BCUT2D eigenvalue weighted by molar-refractivity contribution is 7.91. The summed E-state index contributed by atoms with van der Waals surface area (Å²) in [5, 5.41) is 15.5. The van der Waals surface area contributed by atoms with Gasteiger partial charge in [0.15, 0.2) is 9.84 Å². The predicted molar refractivity (Wildman–Crippen MR) is 188 cm³/mol. The van der Waals surface area contributed by atoms with Crippen molar-refractivity contribution in [2.24, 2.45) is 5.41 Å². The van der Waals surface area contributed by atoms with Gasteiger partial charge in [-0.15, -0.1) is 0 Å². The zero-order chi connectivity index (χ0) is 33.3. The molecule has 0 radical (unpaired) electrons. The van der Waals surface area contributed by atoms with Crippen LogP contribution in [0.2, 0.25) is 0 Å². The molecular formula is C37H60N3O4S+. The highest BCUT2D eigenvalue weighted by Gasteiger charge is 2.49. The number of fused-ring (bicyclic) bond motifs is 1. The smallest absolute Gasteiger partial charge is 0.224 e. The second kappa shape index (κ2) is 16.4. The Morgan fingerprint density at radius 3 is 2.16 bits per heavy atom. The van der Waals surface area contributed by atoms with Gasteiger partial charge in [0.05, 0.1) is 42.9 Å². The van der Waals surface area contributed by atoms with E-state index in [9.17, 15) is 18.3 Å². The van der Waals surface area contributed by atoms with Crippen molar-refractivity contribution in [2.75, 3.05) is 56.2 Å². The lowest BCUT2D eigenvalue weighted by molar-refractivity contribution is -0.923. The molecule has 0 saturated carbocycles. The van der Waals surface area contributed by atoms with Gasteiger partial charge in [-0.05, 0) is 87.9 Å². The molecule has 1 heterocycles. The Morgan fingerprint density at radius 1 is 0.933 bits per heavy atom. The van der Waals surface area contributed by atoms with Crippen molar-refractivity contribution in [3.05, 3.63) is 53.6 Å². The number of aliphatic hydroxyl groups excluding tert-OH is 1. The molecule has 0 bridgehead atoms. The second-order valence-corrected chi connectivity index (χ2v) is 15.5. The van der Waals surface area contributed by atoms with Gasteiger partial charge in [-0.1, -0.05) is 51.7 Å². The van der Waals surface area contributed by atoms with E-state index in [-0.39, 0.29) is 11.7 Å². The SMILES string of the molecule is CCCCC1(CCCC)CS(=O)(=O)c2ccc(N(C)C)cc2C(c2cccc(NC(=O)CCCC[N+](CC)(CC)CC)c2)C1O. The number of hydrogen-bond acceptors (Lipinski definition) is 5. The number of carbonyl (C=O) groups is 1. The molecule has 2 N–H and O–H groups in total. The lowest BCUT2D eigenvalue weighted by Gasteiger charge is -2.40. The number of amides is 1. The fourth-order valence-electron chi connectivity index (χ4n) is 7.30. The summed E-state index contributed by atoms with van der Waals surface area (Å²) in [6.45, 7) is 15.4. The number of unbranched alkanes of at least 4 members (excludes halogenated alkanes) is 3. The number of nitrogens with zero attached hydrogens (tertiary/aromatic N) is 2. The molecule has 3 rings (SSSR count). The first-order valence-corrected chi connectivity index (χ1v) is 19.0. The van der Waals surface area contributed by atoms with E-state index in [0.717, 1.165) is 80.4 Å². The Labute approximate surface area is 273 Å². The molecule has 1 aliphatic heterocycles. The molecule has 0 aliphatic carbocycles. The minimum absolute atomic E-state index is 0.0192. The Balaban J connectivity index is 1.99. The summed E-state index contributed by atoms with van der Waals surface area (Å²) in [5.74, 6) is -0.628. The quantitative estimate of drug-likeness (QED) is 0.139. The number of hydrogen-bond donors (Lipinski definition) is 2. The number of aliphatic hydroxyl groups is 1. The summed E-state index contributed by atoms with van der Waals surface area (Å²) in [7, 11) is 0.204. The van der Waals surface area contributed by atoms with E-state index in [1.54, 1.807) is 6.07 Å². The summed E-state index contributed by atoms with van der Waals surface area (Å²) >= 11 is 0. The molecule has 0 spiro atoms. The van der Waals surface area contributed by atoms with E-state index >= 15 is 0 Å². The van der Waals surface area contributed by atoms with Crippen molar-refractivity contribution >= 4 is 27.1 Å². The molecular weight excluding hydrogens is 582 g/mol. The first-order chi connectivity index (χ1) is 21.4. The monoisotopic (exact) mass is 642 g/mol. The lowest BCUT2D eigenvalue weighted by atomic mass is 9.68. The topological polar surface area (TPSA) is 86.7 Å². The van der Waals surface area contributed by atoms with Gasteiger partial charge in [-0.2, -0.15) is 0 Å². The maximum Gasteiger partial charge on any atom is 0.224 e. The van der Waals surface area contributed by atoms with Crippen molar-refractivity contribution in [1.82, 2.24) is 0 Å². The van der Waals surface area contributed by atoms with Crippen LogP contribution in [-0.2, 0) is 14.6 Å². The van der Waals surface area contributed by atoms with Crippen molar-refractivity contribution in [1.29, 1.82) is 0 Å². The van der Waals surface area contributed by atoms with Crippen LogP contribution >= 0.6 is 0 Å². The highest BCUT2D eigenvalue weighted by atomic mass is 32.2. The normalized spacial score (nSPS) is 19.0. The minimum atomic E-state index is -3.67. The van der Waals surface area contributed by atoms with Gasteiger partial charge in [0.25, 0.3) is 0 Å². The zero-order valence-corrected chi connectivity index (χ0v) is 29.9. The predicted octanol–water partition coefficient (Wildman–Crippen LogP) is 7.38. The molecule has 2 unspecified atom stereocenters. The summed E-state index contributed by atoms with van der Waals surface area (Å²) in [4.78, 5) is 15.3. The maximum atomic E-state index is 14.1. The van der Waals surface area contributed by atoms with Crippen LogP contribution in [-0.4, -0.2) is 76.0 Å². The van der Waals surface area contributed by atoms with Gasteiger partial charge < -0.3 is 19.8 Å². The summed E-state index contributed by atoms with van der Waals surface area (Å²) in [6, 6.07) is 13.2. The Hall–Kier alpha value is -2.42. The van der Waals surface area contributed by atoms with Crippen molar-refractivity contribution < 1.29 is 22.8 Å². The minimum Gasteiger partial charge on any atom is -0.392 e. The van der Waals surface area contributed by atoms with Crippen LogP contribution in [0.15, 0.2) is 47.4 Å². The van der Waals surface area contributed by atoms with E-state index < -0.39 is 27.3 Å². The summed E-state index contributed by atoms with van der Waals surface area (Å²) < 4.78 is 29.3. The van der Waals surface area contributed by atoms with E-state index in [1.807, 2.05) is 55.4 Å². The van der Waals surface area contributed by atoms with Gasteiger partial charge in [0, 0.05) is 43.2 Å². The Bertz CT molecular complexity index is 1340. The molecule has 2 aromatic rings. The van der Waals surface area contributed by atoms with Crippen LogP contribution in [0.3, 0.4) is 0 Å². The summed E-state index contributed by atoms with van der Waals surface area (Å²) in [5.41, 5.74) is 2.25. The van der Waals surface area contributed by atoms with Crippen LogP contribution in [0.5, 0.6) is 0 Å². The number of benzene rings is 2. The van der Waals surface area contributed by atoms with E-state index in [4.69, 9.17) is 0 Å². The number of anilines is 2. The molecule has 0 aromatic heterocycles. The van der Waals surface area contributed by atoms with Crippen molar-refractivity contribution in [3.8, 4) is 0 Å². The maximum absolute atomic E-state index is 14.1. The fraction of sp³-hybridized carbons (Fsp3) is 0.649. The van der Waals surface area contributed by atoms with Gasteiger partial charge in [0.2, 0.25) is 5.91 Å². The molecule has 1 amide bonds.